The Labute approximate surface area is 198 Å². The van der Waals surface area contributed by atoms with Gasteiger partial charge in [-0.1, -0.05) is 25.0 Å². The highest BCUT2D eigenvalue weighted by atomic mass is 16.5. The molecule has 1 fully saturated rings. The molecule has 0 spiro atoms. The van der Waals surface area contributed by atoms with Crippen molar-refractivity contribution in [2.75, 3.05) is 11.9 Å². The van der Waals surface area contributed by atoms with Crippen LogP contribution in [-0.4, -0.2) is 40.6 Å². The first-order valence-corrected chi connectivity index (χ1v) is 11.9. The zero-order valence-corrected chi connectivity index (χ0v) is 19.4. The molecule has 176 valence electrons. The van der Waals surface area contributed by atoms with Crippen LogP contribution >= 0.6 is 0 Å². The van der Waals surface area contributed by atoms with Crippen LogP contribution in [0.5, 0.6) is 5.75 Å². The number of nitrogens with one attached hydrogen (secondary N) is 1. The zero-order chi connectivity index (χ0) is 24.0. The van der Waals surface area contributed by atoms with Gasteiger partial charge in [0.05, 0.1) is 23.1 Å². The van der Waals surface area contributed by atoms with Crippen molar-refractivity contribution in [3.8, 4) is 5.75 Å². The predicted octanol–water partition coefficient (Wildman–Crippen LogP) is 4.47. The van der Waals surface area contributed by atoms with E-state index in [0.717, 1.165) is 19.3 Å². The summed E-state index contributed by atoms with van der Waals surface area (Å²) in [6, 6.07) is 12.0. The van der Waals surface area contributed by atoms with Gasteiger partial charge in [-0.2, -0.15) is 0 Å². The standard InChI is InChI=1S/C27H28N2O5/c1-27(2)14-22(30)21-13-17(11-12-23(21)34-27)28-24(31)18-8-4-3-7-16(18)15-29-25(32)19-9-5-6-10-20(19)26(29)33/h5-6,9-13,16,18H,3-4,7-8,14-15H2,1-2H3,(H,28,31). The van der Waals surface area contributed by atoms with Crippen molar-refractivity contribution in [2.24, 2.45) is 11.8 Å². The number of ether oxygens (including phenoxy) is 1. The molecule has 5 rings (SSSR count). The van der Waals surface area contributed by atoms with Crippen LogP contribution in [0.15, 0.2) is 42.5 Å². The lowest BCUT2D eigenvalue weighted by Crippen LogP contribution is -2.41. The number of hydrogen-bond donors (Lipinski definition) is 1. The molecule has 0 bridgehead atoms. The molecule has 2 aromatic rings. The van der Waals surface area contributed by atoms with Gasteiger partial charge in [0.25, 0.3) is 11.8 Å². The topological polar surface area (TPSA) is 92.8 Å². The highest BCUT2D eigenvalue weighted by molar-refractivity contribution is 6.21. The number of fused-ring (bicyclic) bond motifs is 2. The molecule has 2 aromatic carbocycles. The third kappa shape index (κ3) is 4.00. The van der Waals surface area contributed by atoms with Crippen LogP contribution in [0.25, 0.3) is 0 Å². The first-order valence-electron chi connectivity index (χ1n) is 11.9. The molecule has 3 amide bonds. The second kappa shape index (κ2) is 8.38. The van der Waals surface area contributed by atoms with Crippen molar-refractivity contribution in [1.82, 2.24) is 4.90 Å². The third-order valence-electron chi connectivity index (χ3n) is 7.06. The summed E-state index contributed by atoms with van der Waals surface area (Å²) in [7, 11) is 0. The maximum Gasteiger partial charge on any atom is 0.261 e. The Morgan fingerprint density at radius 3 is 2.38 bits per heavy atom. The van der Waals surface area contributed by atoms with Gasteiger partial charge >= 0.3 is 0 Å². The van der Waals surface area contributed by atoms with Gasteiger partial charge in [-0.3, -0.25) is 24.1 Å². The van der Waals surface area contributed by atoms with Crippen molar-refractivity contribution in [2.45, 2.75) is 51.6 Å². The highest BCUT2D eigenvalue weighted by Gasteiger charge is 2.40. The summed E-state index contributed by atoms with van der Waals surface area (Å²) in [5.74, 6) is -0.642. The third-order valence-corrected chi connectivity index (χ3v) is 7.06. The van der Waals surface area contributed by atoms with Crippen LogP contribution in [0.3, 0.4) is 0 Å². The van der Waals surface area contributed by atoms with Crippen molar-refractivity contribution in [3.05, 3.63) is 59.2 Å². The number of ketones is 1. The minimum absolute atomic E-state index is 0.0106. The van der Waals surface area contributed by atoms with E-state index in [1.165, 1.54) is 4.90 Å². The molecule has 0 saturated heterocycles. The van der Waals surface area contributed by atoms with Gasteiger partial charge in [0, 0.05) is 18.2 Å². The molecular weight excluding hydrogens is 432 g/mol. The fourth-order valence-electron chi connectivity index (χ4n) is 5.38. The van der Waals surface area contributed by atoms with E-state index in [9.17, 15) is 19.2 Å². The van der Waals surface area contributed by atoms with Crippen molar-refractivity contribution in [1.29, 1.82) is 0 Å². The molecule has 7 nitrogen and oxygen atoms in total. The number of benzene rings is 2. The van der Waals surface area contributed by atoms with E-state index in [0.29, 0.717) is 34.5 Å². The molecular formula is C27H28N2O5. The normalized spacial score (nSPS) is 23.2. The lowest BCUT2D eigenvalue weighted by Gasteiger charge is -2.33. The van der Waals surface area contributed by atoms with Gasteiger partial charge < -0.3 is 10.1 Å². The van der Waals surface area contributed by atoms with E-state index in [2.05, 4.69) is 5.32 Å². The molecule has 1 N–H and O–H groups in total. The molecule has 1 saturated carbocycles. The quantitative estimate of drug-likeness (QED) is 0.680. The Morgan fingerprint density at radius 2 is 1.68 bits per heavy atom. The fraction of sp³-hybridized carbons (Fsp3) is 0.407. The Morgan fingerprint density at radius 1 is 1.00 bits per heavy atom. The number of nitrogens with zero attached hydrogens (tertiary/aromatic N) is 1. The molecule has 3 aliphatic rings. The molecule has 0 radical (unpaired) electrons. The van der Waals surface area contributed by atoms with Gasteiger partial charge in [-0.05, 0) is 62.9 Å². The molecule has 0 aromatic heterocycles. The molecule has 2 heterocycles. The number of carbonyl (C=O) groups is 4. The summed E-state index contributed by atoms with van der Waals surface area (Å²) in [6.45, 7) is 3.98. The van der Waals surface area contributed by atoms with E-state index in [1.807, 2.05) is 13.8 Å². The summed E-state index contributed by atoms with van der Waals surface area (Å²) in [4.78, 5) is 52.8. The maximum absolute atomic E-state index is 13.3. The zero-order valence-electron chi connectivity index (χ0n) is 19.4. The van der Waals surface area contributed by atoms with Gasteiger partial charge in [0.2, 0.25) is 5.91 Å². The average Bonchev–Trinajstić information content (AvgIpc) is 3.04. The fourth-order valence-corrected chi connectivity index (χ4v) is 5.38. The Balaban J connectivity index is 1.31. The van der Waals surface area contributed by atoms with Crippen LogP contribution in [0, 0.1) is 11.8 Å². The average molecular weight is 461 g/mol. The van der Waals surface area contributed by atoms with Crippen molar-refractivity contribution < 1.29 is 23.9 Å². The minimum Gasteiger partial charge on any atom is -0.487 e. The monoisotopic (exact) mass is 460 g/mol. The van der Waals surface area contributed by atoms with Crippen LogP contribution < -0.4 is 10.1 Å². The number of imide groups is 1. The summed E-state index contributed by atoms with van der Waals surface area (Å²) >= 11 is 0. The lowest BCUT2D eigenvalue weighted by molar-refractivity contribution is -0.122. The smallest absolute Gasteiger partial charge is 0.261 e. The van der Waals surface area contributed by atoms with Crippen LogP contribution in [0.4, 0.5) is 5.69 Å². The number of Topliss-reactive ketones (excluding diaryl/α,β-unsaturated/α-hetero) is 1. The second-order valence-corrected chi connectivity index (χ2v) is 10.1. The Bertz CT molecular complexity index is 1170. The lowest BCUT2D eigenvalue weighted by atomic mass is 9.78. The molecule has 34 heavy (non-hydrogen) atoms. The number of amides is 3. The highest BCUT2D eigenvalue weighted by Crippen LogP contribution is 2.36. The summed E-state index contributed by atoms with van der Waals surface area (Å²) in [5, 5.41) is 2.96. The summed E-state index contributed by atoms with van der Waals surface area (Å²) in [6.07, 6.45) is 3.63. The van der Waals surface area contributed by atoms with E-state index in [1.54, 1.807) is 42.5 Å². The number of anilines is 1. The number of rotatable bonds is 4. The largest absolute Gasteiger partial charge is 0.487 e. The van der Waals surface area contributed by atoms with Crippen molar-refractivity contribution >= 4 is 29.2 Å². The van der Waals surface area contributed by atoms with E-state index >= 15 is 0 Å². The summed E-state index contributed by atoms with van der Waals surface area (Å²) < 4.78 is 5.90. The van der Waals surface area contributed by atoms with Gasteiger partial charge in [-0.25, -0.2) is 0 Å². The molecule has 7 heteroatoms. The van der Waals surface area contributed by atoms with E-state index in [-0.39, 0.29) is 48.3 Å². The minimum atomic E-state index is -0.547. The second-order valence-electron chi connectivity index (χ2n) is 10.1. The Hall–Kier alpha value is -3.48. The van der Waals surface area contributed by atoms with Crippen LogP contribution in [0.1, 0.15) is 77.0 Å². The summed E-state index contributed by atoms with van der Waals surface area (Å²) in [5.41, 5.74) is 1.32. The molecule has 2 unspecified atom stereocenters. The van der Waals surface area contributed by atoms with Gasteiger partial charge in [-0.15, -0.1) is 0 Å². The molecule has 2 aliphatic heterocycles. The van der Waals surface area contributed by atoms with E-state index < -0.39 is 5.60 Å². The SMILES string of the molecule is CC1(C)CC(=O)c2cc(NC(=O)C3CCCCC3CN3C(=O)c4ccccc4C3=O)ccc2O1. The molecule has 2 atom stereocenters. The van der Waals surface area contributed by atoms with Crippen molar-refractivity contribution in [3.63, 3.8) is 0 Å². The molecule has 1 aliphatic carbocycles. The van der Waals surface area contributed by atoms with Crippen LogP contribution in [0.2, 0.25) is 0 Å². The first-order chi connectivity index (χ1) is 16.2. The first kappa shape index (κ1) is 22.3. The van der Waals surface area contributed by atoms with Gasteiger partial charge in [0.15, 0.2) is 5.78 Å². The maximum atomic E-state index is 13.3. The van der Waals surface area contributed by atoms with Gasteiger partial charge in [0.1, 0.15) is 11.4 Å². The Kier molecular flexibility index (Phi) is 5.50. The predicted molar refractivity (Wildman–Crippen MR) is 126 cm³/mol. The number of hydrogen-bond acceptors (Lipinski definition) is 5. The van der Waals surface area contributed by atoms with E-state index in [4.69, 9.17) is 4.74 Å². The van der Waals surface area contributed by atoms with Crippen LogP contribution in [-0.2, 0) is 4.79 Å². The number of carbonyl (C=O) groups excluding carboxylic acids is 4.